The molecule has 3 rings (SSSR count). The van der Waals surface area contributed by atoms with E-state index >= 15 is 0 Å². The maximum Gasteiger partial charge on any atom is 0.416 e. The standard InChI is InChI=1S/C20H16F3NOS2/c1-27(24,25)17-12-6-14(7-13-17)18-4-2-3-5-19(18)26-16-10-8-15(9-11-16)20(21,22)23/h2-13,24H,1H3. The normalized spacial score (nSPS) is 13.9. The molecule has 3 aromatic carbocycles. The lowest BCUT2D eigenvalue weighted by Gasteiger charge is -2.11. The van der Waals surface area contributed by atoms with Crippen molar-refractivity contribution in [1.82, 2.24) is 0 Å². The van der Waals surface area contributed by atoms with Gasteiger partial charge in [-0.15, -0.1) is 0 Å². The zero-order chi connectivity index (χ0) is 19.7. The highest BCUT2D eigenvalue weighted by molar-refractivity contribution is 7.99. The molecule has 140 valence electrons. The SMILES string of the molecule is CS(=N)(=O)c1ccc(-c2ccccc2Sc2ccc(C(F)(F)F)cc2)cc1. The van der Waals surface area contributed by atoms with Gasteiger partial charge in [-0.3, -0.25) is 0 Å². The molecule has 0 heterocycles. The van der Waals surface area contributed by atoms with Crippen LogP contribution in [0.25, 0.3) is 11.1 Å². The smallest absolute Gasteiger partial charge is 0.249 e. The van der Waals surface area contributed by atoms with E-state index in [9.17, 15) is 17.4 Å². The van der Waals surface area contributed by atoms with Gasteiger partial charge >= 0.3 is 6.18 Å². The Hall–Kier alpha value is -2.25. The number of hydrogen-bond acceptors (Lipinski definition) is 3. The van der Waals surface area contributed by atoms with Crippen molar-refractivity contribution in [2.45, 2.75) is 20.9 Å². The van der Waals surface area contributed by atoms with Gasteiger partial charge in [-0.1, -0.05) is 42.1 Å². The average Bonchev–Trinajstić information content (AvgIpc) is 2.61. The molecule has 0 aliphatic heterocycles. The molecule has 27 heavy (non-hydrogen) atoms. The molecular weight excluding hydrogens is 391 g/mol. The molecule has 0 saturated carbocycles. The van der Waals surface area contributed by atoms with Gasteiger partial charge in [0, 0.05) is 20.9 Å². The molecule has 0 radical (unpaired) electrons. The zero-order valence-electron chi connectivity index (χ0n) is 14.3. The van der Waals surface area contributed by atoms with Crippen LogP contribution in [0.4, 0.5) is 13.2 Å². The highest BCUT2D eigenvalue weighted by Crippen LogP contribution is 2.37. The lowest BCUT2D eigenvalue weighted by Crippen LogP contribution is -2.03. The van der Waals surface area contributed by atoms with Gasteiger partial charge in [-0.2, -0.15) is 13.2 Å². The van der Waals surface area contributed by atoms with Gasteiger partial charge in [-0.05, 0) is 53.6 Å². The van der Waals surface area contributed by atoms with Crippen molar-refractivity contribution >= 4 is 21.5 Å². The predicted molar refractivity (Wildman–Crippen MR) is 102 cm³/mol. The molecular formula is C20H16F3NOS2. The third-order valence-corrected chi connectivity index (χ3v) is 6.17. The Morgan fingerprint density at radius 2 is 1.48 bits per heavy atom. The fourth-order valence-electron chi connectivity index (χ4n) is 2.53. The van der Waals surface area contributed by atoms with Crippen LogP contribution in [0.15, 0.2) is 87.5 Å². The quantitative estimate of drug-likeness (QED) is 0.532. The number of halogens is 3. The van der Waals surface area contributed by atoms with Crippen LogP contribution in [0.3, 0.4) is 0 Å². The Bertz CT molecular complexity index is 1040. The summed E-state index contributed by atoms with van der Waals surface area (Å²) in [6, 6.07) is 19.6. The van der Waals surface area contributed by atoms with E-state index < -0.39 is 21.5 Å². The van der Waals surface area contributed by atoms with E-state index in [0.717, 1.165) is 28.2 Å². The highest BCUT2D eigenvalue weighted by Gasteiger charge is 2.29. The van der Waals surface area contributed by atoms with Crippen molar-refractivity contribution < 1.29 is 17.4 Å². The number of hydrogen-bond donors (Lipinski definition) is 1. The molecule has 0 aliphatic rings. The lowest BCUT2D eigenvalue weighted by atomic mass is 10.1. The first-order valence-electron chi connectivity index (χ1n) is 7.93. The van der Waals surface area contributed by atoms with E-state index in [2.05, 4.69) is 0 Å². The summed E-state index contributed by atoms with van der Waals surface area (Å²) in [6.07, 6.45) is -2.98. The Balaban J connectivity index is 1.90. The van der Waals surface area contributed by atoms with Gasteiger partial charge in [0.2, 0.25) is 0 Å². The Morgan fingerprint density at radius 1 is 0.889 bits per heavy atom. The van der Waals surface area contributed by atoms with E-state index in [4.69, 9.17) is 4.78 Å². The van der Waals surface area contributed by atoms with Gasteiger partial charge in [-0.25, -0.2) is 8.99 Å². The monoisotopic (exact) mass is 407 g/mol. The molecule has 3 aromatic rings. The molecule has 0 amide bonds. The first kappa shape index (κ1) is 19.5. The van der Waals surface area contributed by atoms with E-state index in [1.165, 1.54) is 30.2 Å². The fraction of sp³-hybridized carbons (Fsp3) is 0.100. The Kier molecular flexibility index (Phi) is 5.35. The van der Waals surface area contributed by atoms with Crippen LogP contribution < -0.4 is 0 Å². The van der Waals surface area contributed by atoms with Crippen molar-refractivity contribution in [2.75, 3.05) is 6.26 Å². The third kappa shape index (κ3) is 4.73. The van der Waals surface area contributed by atoms with Crippen LogP contribution in [0.1, 0.15) is 5.56 Å². The first-order valence-corrected chi connectivity index (χ1v) is 10.7. The minimum atomic E-state index is -4.35. The summed E-state index contributed by atoms with van der Waals surface area (Å²) in [4.78, 5) is 2.06. The first-order chi connectivity index (χ1) is 12.6. The van der Waals surface area contributed by atoms with Crippen LogP contribution in [0.2, 0.25) is 0 Å². The fourth-order valence-corrected chi connectivity index (χ4v) is 4.15. The van der Waals surface area contributed by atoms with Crippen molar-refractivity contribution in [2.24, 2.45) is 0 Å². The van der Waals surface area contributed by atoms with Crippen molar-refractivity contribution in [1.29, 1.82) is 4.78 Å². The molecule has 0 bridgehead atoms. The summed E-state index contributed by atoms with van der Waals surface area (Å²) in [6.45, 7) is 0. The summed E-state index contributed by atoms with van der Waals surface area (Å²) in [5, 5.41) is 0. The molecule has 2 nitrogen and oxygen atoms in total. The minimum Gasteiger partial charge on any atom is -0.249 e. The van der Waals surface area contributed by atoms with Gasteiger partial charge in [0.15, 0.2) is 0 Å². The summed E-state index contributed by atoms with van der Waals surface area (Å²) < 4.78 is 57.6. The maximum atomic E-state index is 12.7. The van der Waals surface area contributed by atoms with Crippen LogP contribution in [0, 0.1) is 4.78 Å². The van der Waals surface area contributed by atoms with Gasteiger partial charge in [0.05, 0.1) is 15.3 Å². The molecule has 0 aliphatic carbocycles. The molecule has 0 aromatic heterocycles. The van der Waals surface area contributed by atoms with Crippen LogP contribution in [-0.4, -0.2) is 10.5 Å². The third-order valence-electron chi connectivity index (χ3n) is 3.91. The van der Waals surface area contributed by atoms with Crippen molar-refractivity contribution in [3.05, 3.63) is 78.4 Å². The molecule has 1 N–H and O–H groups in total. The molecule has 1 atom stereocenters. The predicted octanol–water partition coefficient (Wildman–Crippen LogP) is 6.56. The Labute approximate surface area is 160 Å². The highest BCUT2D eigenvalue weighted by atomic mass is 32.2. The molecule has 1 unspecified atom stereocenters. The number of nitrogens with one attached hydrogen (secondary N) is 1. The molecule has 0 saturated heterocycles. The van der Waals surface area contributed by atoms with Crippen LogP contribution in [0.5, 0.6) is 0 Å². The Morgan fingerprint density at radius 3 is 2.04 bits per heavy atom. The second kappa shape index (κ2) is 7.40. The summed E-state index contributed by atoms with van der Waals surface area (Å²) in [5.41, 5.74) is 1.13. The number of benzene rings is 3. The maximum absolute atomic E-state index is 12.7. The van der Waals surface area contributed by atoms with Crippen molar-refractivity contribution in [3.63, 3.8) is 0 Å². The summed E-state index contributed by atoms with van der Waals surface area (Å²) >= 11 is 1.38. The van der Waals surface area contributed by atoms with E-state index in [-0.39, 0.29) is 0 Å². The molecule has 0 spiro atoms. The van der Waals surface area contributed by atoms with E-state index in [0.29, 0.717) is 9.79 Å². The van der Waals surface area contributed by atoms with Gasteiger partial charge in [0.25, 0.3) is 0 Å². The van der Waals surface area contributed by atoms with E-state index in [1.807, 2.05) is 24.3 Å². The van der Waals surface area contributed by atoms with Gasteiger partial charge in [0.1, 0.15) is 0 Å². The summed E-state index contributed by atoms with van der Waals surface area (Å²) in [7, 11) is -2.77. The lowest BCUT2D eigenvalue weighted by molar-refractivity contribution is -0.137. The summed E-state index contributed by atoms with van der Waals surface area (Å²) in [5.74, 6) is 0. The number of rotatable bonds is 4. The average molecular weight is 407 g/mol. The second-order valence-corrected chi connectivity index (χ2v) is 9.26. The number of alkyl halides is 3. The minimum absolute atomic E-state index is 0.458. The van der Waals surface area contributed by atoms with E-state index in [1.54, 1.807) is 24.3 Å². The molecule has 7 heteroatoms. The largest absolute Gasteiger partial charge is 0.416 e. The zero-order valence-corrected chi connectivity index (χ0v) is 15.9. The topological polar surface area (TPSA) is 40.9 Å². The van der Waals surface area contributed by atoms with Crippen molar-refractivity contribution in [3.8, 4) is 11.1 Å². The second-order valence-electron chi connectivity index (χ2n) is 5.99. The molecule has 0 fully saturated rings. The van der Waals surface area contributed by atoms with Crippen LogP contribution >= 0.6 is 11.8 Å². The van der Waals surface area contributed by atoms with Gasteiger partial charge < -0.3 is 0 Å². The van der Waals surface area contributed by atoms with Crippen LogP contribution in [-0.2, 0) is 15.9 Å².